The van der Waals surface area contributed by atoms with Crippen LogP contribution in [-0.2, 0) is 10.0 Å². The highest BCUT2D eigenvalue weighted by atomic mass is 32.2. The lowest BCUT2D eigenvalue weighted by Crippen LogP contribution is -2.53. The van der Waals surface area contributed by atoms with Crippen molar-refractivity contribution < 1.29 is 22.3 Å². The van der Waals surface area contributed by atoms with E-state index in [0.717, 1.165) is 23.4 Å². The first-order valence-corrected chi connectivity index (χ1v) is 10.8. The summed E-state index contributed by atoms with van der Waals surface area (Å²) >= 11 is 0. The van der Waals surface area contributed by atoms with Gasteiger partial charge >= 0.3 is 6.03 Å². The second-order valence-corrected chi connectivity index (χ2v) is 8.68. The van der Waals surface area contributed by atoms with Gasteiger partial charge in [-0.2, -0.15) is 4.31 Å². The van der Waals surface area contributed by atoms with E-state index in [0.29, 0.717) is 13.2 Å². The highest BCUT2D eigenvalue weighted by Gasteiger charge is 2.30. The molecule has 0 saturated carbocycles. The highest BCUT2D eigenvalue weighted by molar-refractivity contribution is 7.89. The van der Waals surface area contributed by atoms with Crippen LogP contribution in [0.3, 0.4) is 0 Å². The molecule has 1 aliphatic rings. The standard InChI is InChI=1S/C20H24FN3O4S/c1-16-3-2-4-18(15-16)28-14-9-22-20(25)23-10-12-24(13-11-23)29(26,27)19-7-5-17(21)6-8-19/h2-8,15H,9-14H2,1H3,(H,22,25). The van der Waals surface area contributed by atoms with E-state index in [4.69, 9.17) is 4.74 Å². The summed E-state index contributed by atoms with van der Waals surface area (Å²) in [6.45, 7) is 3.61. The van der Waals surface area contributed by atoms with Crippen molar-refractivity contribution in [2.75, 3.05) is 39.3 Å². The molecule has 2 aromatic rings. The molecule has 3 rings (SSSR count). The van der Waals surface area contributed by atoms with Gasteiger partial charge in [0.15, 0.2) is 0 Å². The molecule has 7 nitrogen and oxygen atoms in total. The van der Waals surface area contributed by atoms with Gasteiger partial charge in [0.25, 0.3) is 0 Å². The van der Waals surface area contributed by atoms with E-state index >= 15 is 0 Å². The molecule has 2 amide bonds. The van der Waals surface area contributed by atoms with E-state index in [-0.39, 0.29) is 37.1 Å². The number of rotatable bonds is 6. The molecule has 156 valence electrons. The number of sulfonamides is 1. The topological polar surface area (TPSA) is 79.0 Å². The maximum atomic E-state index is 13.0. The minimum atomic E-state index is -3.69. The molecule has 1 N–H and O–H groups in total. The van der Waals surface area contributed by atoms with Crippen molar-refractivity contribution in [3.8, 4) is 5.75 Å². The average molecular weight is 421 g/mol. The lowest BCUT2D eigenvalue weighted by atomic mass is 10.2. The fraction of sp³-hybridized carbons (Fsp3) is 0.350. The van der Waals surface area contributed by atoms with Crippen molar-refractivity contribution in [2.24, 2.45) is 0 Å². The summed E-state index contributed by atoms with van der Waals surface area (Å²) in [7, 11) is -3.69. The van der Waals surface area contributed by atoms with E-state index in [1.54, 1.807) is 4.90 Å². The van der Waals surface area contributed by atoms with Crippen molar-refractivity contribution >= 4 is 16.1 Å². The van der Waals surface area contributed by atoms with Crippen LogP contribution < -0.4 is 10.1 Å². The summed E-state index contributed by atoms with van der Waals surface area (Å²) in [6, 6.07) is 12.1. The van der Waals surface area contributed by atoms with Gasteiger partial charge in [-0.3, -0.25) is 0 Å². The Hall–Kier alpha value is -2.65. The molecule has 0 unspecified atom stereocenters. The Morgan fingerprint density at radius 3 is 2.45 bits per heavy atom. The summed E-state index contributed by atoms with van der Waals surface area (Å²) in [5, 5.41) is 2.78. The Morgan fingerprint density at radius 2 is 1.79 bits per heavy atom. The summed E-state index contributed by atoms with van der Waals surface area (Å²) in [5.74, 6) is 0.260. The highest BCUT2D eigenvalue weighted by Crippen LogP contribution is 2.18. The van der Waals surface area contributed by atoms with Crippen LogP contribution in [-0.4, -0.2) is 63.0 Å². The van der Waals surface area contributed by atoms with Crippen LogP contribution in [0, 0.1) is 12.7 Å². The number of hydrogen-bond donors (Lipinski definition) is 1. The molecular weight excluding hydrogens is 397 g/mol. The van der Waals surface area contributed by atoms with Gasteiger partial charge in [-0.25, -0.2) is 17.6 Å². The number of carbonyl (C=O) groups is 1. The third-order valence-electron chi connectivity index (χ3n) is 4.61. The Balaban J connectivity index is 1.44. The zero-order valence-electron chi connectivity index (χ0n) is 16.2. The second-order valence-electron chi connectivity index (χ2n) is 6.74. The number of urea groups is 1. The third-order valence-corrected chi connectivity index (χ3v) is 6.53. The number of ether oxygens (including phenoxy) is 1. The Morgan fingerprint density at radius 1 is 1.10 bits per heavy atom. The molecule has 2 aromatic carbocycles. The summed E-state index contributed by atoms with van der Waals surface area (Å²) in [4.78, 5) is 13.9. The maximum Gasteiger partial charge on any atom is 0.317 e. The Kier molecular flexibility index (Phi) is 6.71. The summed E-state index contributed by atoms with van der Waals surface area (Å²) in [6.07, 6.45) is 0. The predicted molar refractivity (Wildman–Crippen MR) is 107 cm³/mol. The van der Waals surface area contributed by atoms with Crippen LogP contribution in [0.5, 0.6) is 5.75 Å². The van der Waals surface area contributed by atoms with E-state index in [1.165, 1.54) is 16.4 Å². The number of nitrogens with one attached hydrogen (secondary N) is 1. The lowest BCUT2D eigenvalue weighted by molar-refractivity contribution is 0.170. The largest absolute Gasteiger partial charge is 0.492 e. The van der Waals surface area contributed by atoms with E-state index in [1.807, 2.05) is 31.2 Å². The minimum Gasteiger partial charge on any atom is -0.492 e. The maximum absolute atomic E-state index is 13.0. The molecule has 0 bridgehead atoms. The van der Waals surface area contributed by atoms with Gasteiger partial charge in [0.05, 0.1) is 11.4 Å². The van der Waals surface area contributed by atoms with Gasteiger partial charge in [-0.05, 0) is 48.9 Å². The summed E-state index contributed by atoms with van der Waals surface area (Å²) < 4.78 is 45.2. The Bertz CT molecular complexity index is 942. The van der Waals surface area contributed by atoms with E-state index in [9.17, 15) is 17.6 Å². The molecule has 0 radical (unpaired) electrons. The number of carbonyl (C=O) groups excluding carboxylic acids is 1. The third kappa shape index (κ3) is 5.45. The fourth-order valence-corrected chi connectivity index (χ4v) is 4.45. The number of amides is 2. The first-order chi connectivity index (χ1) is 13.9. The normalized spacial score (nSPS) is 15.2. The monoisotopic (exact) mass is 421 g/mol. The number of hydrogen-bond acceptors (Lipinski definition) is 4. The quantitative estimate of drug-likeness (QED) is 0.726. The molecule has 1 fully saturated rings. The number of aryl methyl sites for hydroxylation is 1. The second kappa shape index (κ2) is 9.23. The summed E-state index contributed by atoms with van der Waals surface area (Å²) in [5.41, 5.74) is 1.10. The van der Waals surface area contributed by atoms with Crippen molar-refractivity contribution in [1.29, 1.82) is 0 Å². The first-order valence-electron chi connectivity index (χ1n) is 9.34. The van der Waals surface area contributed by atoms with Crippen molar-refractivity contribution in [3.05, 3.63) is 59.9 Å². The van der Waals surface area contributed by atoms with Crippen LogP contribution in [0.25, 0.3) is 0 Å². The van der Waals surface area contributed by atoms with Gasteiger partial charge in [0.1, 0.15) is 18.2 Å². The molecular formula is C20H24FN3O4S. The van der Waals surface area contributed by atoms with Crippen molar-refractivity contribution in [1.82, 2.24) is 14.5 Å². The van der Waals surface area contributed by atoms with Crippen LogP contribution in [0.2, 0.25) is 0 Å². The zero-order chi connectivity index (χ0) is 20.9. The molecule has 0 aliphatic carbocycles. The zero-order valence-corrected chi connectivity index (χ0v) is 17.0. The van der Waals surface area contributed by atoms with Gasteiger partial charge < -0.3 is 15.0 Å². The number of piperazine rings is 1. The molecule has 0 atom stereocenters. The van der Waals surface area contributed by atoms with Gasteiger partial charge in [0, 0.05) is 26.2 Å². The molecule has 1 aliphatic heterocycles. The molecule has 1 heterocycles. The number of nitrogens with zero attached hydrogens (tertiary/aromatic N) is 2. The van der Waals surface area contributed by atoms with Gasteiger partial charge in [-0.1, -0.05) is 12.1 Å². The molecule has 9 heteroatoms. The van der Waals surface area contributed by atoms with Crippen molar-refractivity contribution in [3.63, 3.8) is 0 Å². The minimum absolute atomic E-state index is 0.0464. The Labute approximate surface area is 170 Å². The van der Waals surface area contributed by atoms with Crippen LogP contribution >= 0.6 is 0 Å². The molecule has 29 heavy (non-hydrogen) atoms. The smallest absolute Gasteiger partial charge is 0.317 e. The van der Waals surface area contributed by atoms with Crippen LogP contribution in [0.1, 0.15) is 5.56 Å². The SMILES string of the molecule is Cc1cccc(OCCNC(=O)N2CCN(S(=O)(=O)c3ccc(F)cc3)CC2)c1. The van der Waals surface area contributed by atoms with Crippen LogP contribution in [0.4, 0.5) is 9.18 Å². The lowest BCUT2D eigenvalue weighted by Gasteiger charge is -2.34. The molecule has 0 aromatic heterocycles. The molecule has 0 spiro atoms. The predicted octanol–water partition coefficient (Wildman–Crippen LogP) is 2.23. The fourth-order valence-electron chi connectivity index (χ4n) is 3.03. The van der Waals surface area contributed by atoms with Gasteiger partial charge in [-0.15, -0.1) is 0 Å². The number of halogens is 1. The van der Waals surface area contributed by atoms with Crippen LogP contribution in [0.15, 0.2) is 53.4 Å². The van der Waals surface area contributed by atoms with E-state index in [2.05, 4.69) is 5.32 Å². The molecule has 1 saturated heterocycles. The van der Waals surface area contributed by atoms with E-state index < -0.39 is 15.8 Å². The first kappa shape index (κ1) is 21.1. The average Bonchev–Trinajstić information content (AvgIpc) is 2.71. The van der Waals surface area contributed by atoms with Gasteiger partial charge in [0.2, 0.25) is 10.0 Å². The van der Waals surface area contributed by atoms with Crippen molar-refractivity contribution in [2.45, 2.75) is 11.8 Å². The number of benzene rings is 2.